The van der Waals surface area contributed by atoms with Crippen LogP contribution >= 0.6 is 0 Å². The second-order valence-electron chi connectivity index (χ2n) is 5.74. The van der Waals surface area contributed by atoms with Crippen LogP contribution in [0.3, 0.4) is 0 Å². The number of benzene rings is 1. The Hall–Kier alpha value is -1.71. The monoisotopic (exact) mass is 247 g/mol. The molecule has 1 amide bonds. The molecule has 0 radical (unpaired) electrons. The van der Waals surface area contributed by atoms with E-state index in [1.165, 1.54) is 12.8 Å². The minimum absolute atomic E-state index is 0.287. The predicted octanol–water partition coefficient (Wildman–Crippen LogP) is 2.36. The van der Waals surface area contributed by atoms with Crippen molar-refractivity contribution in [1.29, 1.82) is 0 Å². The zero-order valence-corrected chi connectivity index (χ0v) is 11.0. The summed E-state index contributed by atoms with van der Waals surface area (Å²) >= 11 is 0. The van der Waals surface area contributed by atoms with E-state index >= 15 is 0 Å². The molecule has 0 saturated heterocycles. The maximum Gasteiger partial charge on any atom is 0.248 e. The number of carbonyl (C=O) groups is 1. The molecule has 4 nitrogen and oxygen atoms in total. The largest absolute Gasteiger partial charge is 0.397 e. The van der Waals surface area contributed by atoms with Crippen LogP contribution in [0.2, 0.25) is 0 Å². The first-order valence-corrected chi connectivity index (χ1v) is 6.36. The molecule has 0 aromatic heterocycles. The molecule has 1 aromatic carbocycles. The first kappa shape index (κ1) is 12.7. The zero-order chi connectivity index (χ0) is 13.3. The van der Waals surface area contributed by atoms with Crippen molar-refractivity contribution in [1.82, 2.24) is 0 Å². The molecule has 1 fully saturated rings. The molecular formula is C14H21N3O. The highest BCUT2D eigenvalue weighted by molar-refractivity contribution is 5.94. The van der Waals surface area contributed by atoms with E-state index in [2.05, 4.69) is 19.2 Å². The summed E-state index contributed by atoms with van der Waals surface area (Å²) in [4.78, 5) is 11.1. The third kappa shape index (κ3) is 2.42. The van der Waals surface area contributed by atoms with Crippen LogP contribution in [0.4, 0.5) is 11.4 Å². The van der Waals surface area contributed by atoms with E-state index in [0.29, 0.717) is 17.3 Å². The molecule has 5 N–H and O–H groups in total. The molecule has 1 aliphatic carbocycles. The zero-order valence-electron chi connectivity index (χ0n) is 11.0. The number of nitrogen functional groups attached to an aromatic ring is 1. The van der Waals surface area contributed by atoms with Gasteiger partial charge in [0.05, 0.1) is 11.4 Å². The maximum absolute atomic E-state index is 11.1. The fraction of sp³-hybridized carbons (Fsp3) is 0.500. The Bertz CT molecular complexity index is 468. The lowest BCUT2D eigenvalue weighted by Crippen LogP contribution is -2.31. The number of rotatable bonds is 3. The molecular weight excluding hydrogens is 226 g/mol. The number of hydrogen-bond donors (Lipinski definition) is 3. The summed E-state index contributed by atoms with van der Waals surface area (Å²) in [5.74, 6) is -0.450. The summed E-state index contributed by atoms with van der Waals surface area (Å²) in [6.07, 6.45) is 3.62. The fourth-order valence-corrected chi connectivity index (χ4v) is 2.63. The molecule has 0 heterocycles. The van der Waals surface area contributed by atoms with Crippen LogP contribution in [0.5, 0.6) is 0 Å². The molecule has 2 rings (SSSR count). The van der Waals surface area contributed by atoms with Crippen LogP contribution in [0.15, 0.2) is 18.2 Å². The third-order valence-electron chi connectivity index (χ3n) is 3.92. The summed E-state index contributed by atoms with van der Waals surface area (Å²) in [5, 5.41) is 3.49. The molecule has 0 spiro atoms. The molecule has 1 aliphatic rings. The van der Waals surface area contributed by atoms with E-state index in [4.69, 9.17) is 11.5 Å². The van der Waals surface area contributed by atoms with Crippen LogP contribution in [0.25, 0.3) is 0 Å². The Labute approximate surface area is 108 Å². The lowest BCUT2D eigenvalue weighted by Gasteiger charge is -2.29. The van der Waals surface area contributed by atoms with Gasteiger partial charge in [-0.1, -0.05) is 20.3 Å². The maximum atomic E-state index is 11.1. The van der Waals surface area contributed by atoms with Crippen molar-refractivity contribution in [2.75, 3.05) is 11.1 Å². The highest BCUT2D eigenvalue weighted by Gasteiger charge is 2.34. The first-order chi connectivity index (χ1) is 8.40. The molecule has 0 aliphatic heterocycles. The Balaban J connectivity index is 2.17. The van der Waals surface area contributed by atoms with E-state index in [1.807, 2.05) is 6.07 Å². The highest BCUT2D eigenvalue weighted by Crippen LogP contribution is 2.39. The predicted molar refractivity (Wildman–Crippen MR) is 74.4 cm³/mol. The Kier molecular flexibility index (Phi) is 3.20. The van der Waals surface area contributed by atoms with Gasteiger partial charge in [-0.05, 0) is 36.5 Å². The van der Waals surface area contributed by atoms with E-state index in [-0.39, 0.29) is 5.41 Å². The van der Waals surface area contributed by atoms with Gasteiger partial charge in [0.2, 0.25) is 5.91 Å². The summed E-state index contributed by atoms with van der Waals surface area (Å²) in [7, 11) is 0. The van der Waals surface area contributed by atoms with Crippen LogP contribution < -0.4 is 16.8 Å². The summed E-state index contributed by atoms with van der Waals surface area (Å²) in [6, 6.07) is 5.61. The van der Waals surface area contributed by atoms with Crippen molar-refractivity contribution in [3.8, 4) is 0 Å². The van der Waals surface area contributed by atoms with Gasteiger partial charge in [-0.3, -0.25) is 4.79 Å². The summed E-state index contributed by atoms with van der Waals surface area (Å²) in [5.41, 5.74) is 13.4. The second-order valence-corrected chi connectivity index (χ2v) is 5.74. The average Bonchev–Trinajstić information content (AvgIpc) is 2.61. The van der Waals surface area contributed by atoms with Gasteiger partial charge in [-0.25, -0.2) is 0 Å². The number of anilines is 2. The Morgan fingerprint density at radius 3 is 2.67 bits per heavy atom. The van der Waals surface area contributed by atoms with Crippen molar-refractivity contribution in [2.45, 2.75) is 39.2 Å². The van der Waals surface area contributed by atoms with Gasteiger partial charge < -0.3 is 16.8 Å². The van der Waals surface area contributed by atoms with Gasteiger partial charge in [0.1, 0.15) is 0 Å². The number of nitrogens with one attached hydrogen (secondary N) is 1. The minimum atomic E-state index is -0.450. The van der Waals surface area contributed by atoms with Crippen LogP contribution in [0, 0.1) is 5.41 Å². The lowest BCUT2D eigenvalue weighted by atomic mass is 9.87. The van der Waals surface area contributed by atoms with E-state index < -0.39 is 5.91 Å². The van der Waals surface area contributed by atoms with Crippen molar-refractivity contribution >= 4 is 17.3 Å². The molecule has 0 bridgehead atoms. The molecule has 1 saturated carbocycles. The van der Waals surface area contributed by atoms with Crippen molar-refractivity contribution in [3.05, 3.63) is 23.8 Å². The minimum Gasteiger partial charge on any atom is -0.397 e. The number of primary amides is 1. The number of amides is 1. The normalized spacial score (nSPS) is 21.8. The molecule has 1 aromatic rings. The molecule has 98 valence electrons. The van der Waals surface area contributed by atoms with Gasteiger partial charge >= 0.3 is 0 Å². The summed E-state index contributed by atoms with van der Waals surface area (Å²) in [6.45, 7) is 4.54. The van der Waals surface area contributed by atoms with Crippen molar-refractivity contribution in [2.24, 2.45) is 11.1 Å². The topological polar surface area (TPSA) is 81.1 Å². The Morgan fingerprint density at radius 2 is 2.17 bits per heavy atom. The van der Waals surface area contributed by atoms with E-state index in [1.54, 1.807) is 12.1 Å². The van der Waals surface area contributed by atoms with Gasteiger partial charge in [0.15, 0.2) is 0 Å². The standard InChI is InChI=1S/C14H21N3O/c1-14(2)7-3-4-12(14)17-11-6-5-9(13(16)18)8-10(11)15/h5-6,8,12,17H,3-4,7,15H2,1-2H3,(H2,16,18). The number of nitrogens with two attached hydrogens (primary N) is 2. The van der Waals surface area contributed by atoms with Gasteiger partial charge in [-0.2, -0.15) is 0 Å². The number of carbonyl (C=O) groups excluding carboxylic acids is 1. The average molecular weight is 247 g/mol. The smallest absolute Gasteiger partial charge is 0.248 e. The third-order valence-corrected chi connectivity index (χ3v) is 3.92. The molecule has 18 heavy (non-hydrogen) atoms. The quantitative estimate of drug-likeness (QED) is 0.717. The van der Waals surface area contributed by atoms with Gasteiger partial charge in [-0.15, -0.1) is 0 Å². The second kappa shape index (κ2) is 4.52. The van der Waals surface area contributed by atoms with Crippen LogP contribution in [0.1, 0.15) is 43.5 Å². The van der Waals surface area contributed by atoms with Crippen LogP contribution in [-0.2, 0) is 0 Å². The van der Waals surface area contributed by atoms with E-state index in [9.17, 15) is 4.79 Å². The van der Waals surface area contributed by atoms with E-state index in [0.717, 1.165) is 12.1 Å². The van der Waals surface area contributed by atoms with Gasteiger partial charge in [0, 0.05) is 11.6 Å². The van der Waals surface area contributed by atoms with Gasteiger partial charge in [0.25, 0.3) is 0 Å². The SMILES string of the molecule is CC1(C)CCCC1Nc1ccc(C(N)=O)cc1N. The molecule has 1 atom stereocenters. The molecule has 1 unspecified atom stereocenters. The van der Waals surface area contributed by atoms with Crippen LogP contribution in [-0.4, -0.2) is 11.9 Å². The molecule has 4 heteroatoms. The van der Waals surface area contributed by atoms with Crippen molar-refractivity contribution in [3.63, 3.8) is 0 Å². The van der Waals surface area contributed by atoms with Crippen molar-refractivity contribution < 1.29 is 4.79 Å². The Morgan fingerprint density at radius 1 is 1.44 bits per heavy atom. The number of hydrogen-bond acceptors (Lipinski definition) is 3. The fourth-order valence-electron chi connectivity index (χ4n) is 2.63. The first-order valence-electron chi connectivity index (χ1n) is 6.36. The highest BCUT2D eigenvalue weighted by atomic mass is 16.1. The summed E-state index contributed by atoms with van der Waals surface area (Å²) < 4.78 is 0. The lowest BCUT2D eigenvalue weighted by molar-refractivity contribution is 0.100.